The van der Waals surface area contributed by atoms with E-state index in [4.69, 9.17) is 0 Å². The third-order valence-corrected chi connectivity index (χ3v) is 3.04. The molecule has 0 atom stereocenters. The highest BCUT2D eigenvalue weighted by molar-refractivity contribution is 6.06. The van der Waals surface area contributed by atoms with Crippen LogP contribution in [0.5, 0.6) is 0 Å². The fourth-order valence-corrected chi connectivity index (χ4v) is 2.09. The normalized spacial score (nSPS) is 18.2. The predicted octanol–water partition coefficient (Wildman–Crippen LogP) is -0.0638. The summed E-state index contributed by atoms with van der Waals surface area (Å²) in [5.41, 5.74) is -1.90. The van der Waals surface area contributed by atoms with Crippen molar-refractivity contribution in [2.24, 2.45) is 0 Å². The van der Waals surface area contributed by atoms with E-state index in [1.54, 1.807) is 34.7 Å². The summed E-state index contributed by atoms with van der Waals surface area (Å²) in [5, 5.41) is 12.2. The number of amides is 4. The maximum Gasteiger partial charge on any atom is 0.325 e. The fourth-order valence-electron chi connectivity index (χ4n) is 2.09. The number of hydrogen-bond donors (Lipinski definition) is 2. The number of likely N-dealkylation sites (N-methyl/N-ethyl adjacent to an activating group) is 1. The second-order valence-corrected chi connectivity index (χ2v) is 6.32. The Hall–Kier alpha value is -1.63. The van der Waals surface area contributed by atoms with Crippen molar-refractivity contribution in [1.82, 2.24) is 15.1 Å². The van der Waals surface area contributed by atoms with Crippen molar-refractivity contribution in [3.63, 3.8) is 0 Å². The number of rotatable bonds is 5. The van der Waals surface area contributed by atoms with Crippen molar-refractivity contribution in [3.8, 4) is 0 Å². The SMILES string of the molecule is CN(CC(C)(C)O)C(=O)CCN1C(=O)NC(C)(C)C1=O. The van der Waals surface area contributed by atoms with Crippen molar-refractivity contribution in [1.29, 1.82) is 0 Å². The highest BCUT2D eigenvalue weighted by Gasteiger charge is 2.44. The molecule has 20 heavy (non-hydrogen) atoms. The summed E-state index contributed by atoms with van der Waals surface area (Å²) in [6, 6.07) is -0.474. The van der Waals surface area contributed by atoms with Gasteiger partial charge in [-0.25, -0.2) is 4.79 Å². The van der Waals surface area contributed by atoms with Crippen molar-refractivity contribution >= 4 is 17.8 Å². The molecule has 0 radical (unpaired) electrons. The summed E-state index contributed by atoms with van der Waals surface area (Å²) in [4.78, 5) is 37.9. The summed E-state index contributed by atoms with van der Waals surface area (Å²) in [5.74, 6) is -0.558. The third-order valence-electron chi connectivity index (χ3n) is 3.04. The van der Waals surface area contributed by atoms with Crippen LogP contribution in [0.4, 0.5) is 4.79 Å². The topological polar surface area (TPSA) is 89.9 Å². The van der Waals surface area contributed by atoms with Crippen LogP contribution in [0, 0.1) is 0 Å². The molecule has 0 saturated carbocycles. The predicted molar refractivity (Wildman–Crippen MR) is 72.9 cm³/mol. The molecular formula is C13H23N3O4. The maximum absolute atomic E-state index is 11.9. The van der Waals surface area contributed by atoms with Gasteiger partial charge in [0, 0.05) is 26.6 Å². The molecule has 1 aliphatic heterocycles. The highest BCUT2D eigenvalue weighted by atomic mass is 16.3. The number of hydrogen-bond acceptors (Lipinski definition) is 4. The largest absolute Gasteiger partial charge is 0.389 e. The molecular weight excluding hydrogens is 262 g/mol. The van der Waals surface area contributed by atoms with E-state index >= 15 is 0 Å². The Morgan fingerprint density at radius 1 is 1.40 bits per heavy atom. The number of urea groups is 1. The number of nitrogens with zero attached hydrogens (tertiary/aromatic N) is 2. The average Bonchev–Trinajstić information content (AvgIpc) is 2.43. The Labute approximate surface area is 118 Å². The zero-order valence-electron chi connectivity index (χ0n) is 12.7. The van der Waals surface area contributed by atoms with E-state index in [-0.39, 0.29) is 31.3 Å². The minimum atomic E-state index is -0.979. The molecule has 4 amide bonds. The second-order valence-electron chi connectivity index (χ2n) is 6.32. The lowest BCUT2D eigenvalue weighted by Gasteiger charge is -2.26. The third kappa shape index (κ3) is 3.93. The van der Waals surface area contributed by atoms with Crippen molar-refractivity contribution in [3.05, 3.63) is 0 Å². The Morgan fingerprint density at radius 2 is 1.95 bits per heavy atom. The van der Waals surface area contributed by atoms with Crippen molar-refractivity contribution < 1.29 is 19.5 Å². The highest BCUT2D eigenvalue weighted by Crippen LogP contribution is 2.17. The lowest BCUT2D eigenvalue weighted by Crippen LogP contribution is -2.42. The summed E-state index contributed by atoms with van der Waals surface area (Å²) in [7, 11) is 1.58. The van der Waals surface area contributed by atoms with Crippen LogP contribution in [-0.2, 0) is 9.59 Å². The lowest BCUT2D eigenvalue weighted by atomic mass is 10.1. The Kier molecular flexibility index (Phi) is 4.43. The van der Waals surface area contributed by atoms with Gasteiger partial charge in [0.05, 0.1) is 5.60 Å². The van der Waals surface area contributed by atoms with Crippen LogP contribution in [0.3, 0.4) is 0 Å². The van der Waals surface area contributed by atoms with Crippen LogP contribution in [0.15, 0.2) is 0 Å². The Bertz CT molecular complexity index is 426. The summed E-state index contributed by atoms with van der Waals surface area (Å²) in [6.45, 7) is 6.69. The molecule has 0 spiro atoms. The van der Waals surface area contributed by atoms with E-state index in [1.807, 2.05) is 0 Å². The summed E-state index contributed by atoms with van der Waals surface area (Å²) in [6.07, 6.45) is 0.0435. The van der Waals surface area contributed by atoms with Crippen LogP contribution in [0.1, 0.15) is 34.1 Å². The Balaban J connectivity index is 2.54. The first-order valence-electron chi connectivity index (χ1n) is 6.54. The van der Waals surface area contributed by atoms with Gasteiger partial charge in [-0.15, -0.1) is 0 Å². The molecule has 0 bridgehead atoms. The van der Waals surface area contributed by atoms with Gasteiger partial charge in [-0.3, -0.25) is 14.5 Å². The number of nitrogens with one attached hydrogen (secondary N) is 1. The van der Waals surface area contributed by atoms with Gasteiger partial charge in [0.2, 0.25) is 5.91 Å². The molecule has 2 N–H and O–H groups in total. The molecule has 0 aromatic heterocycles. The summed E-state index contributed by atoms with van der Waals surface area (Å²) < 4.78 is 0. The first-order valence-corrected chi connectivity index (χ1v) is 6.54. The lowest BCUT2D eigenvalue weighted by molar-refractivity contribution is -0.134. The number of carbonyl (C=O) groups is 3. The molecule has 7 nitrogen and oxygen atoms in total. The molecule has 0 aliphatic carbocycles. The van der Waals surface area contributed by atoms with Gasteiger partial charge in [-0.1, -0.05) is 0 Å². The number of aliphatic hydroxyl groups is 1. The van der Waals surface area contributed by atoms with Crippen LogP contribution < -0.4 is 5.32 Å². The van der Waals surface area contributed by atoms with Crippen LogP contribution in [0.25, 0.3) is 0 Å². The van der Waals surface area contributed by atoms with Crippen LogP contribution in [0.2, 0.25) is 0 Å². The fraction of sp³-hybridized carbons (Fsp3) is 0.769. The molecule has 1 heterocycles. The van der Waals surface area contributed by atoms with E-state index in [1.165, 1.54) is 4.90 Å². The molecule has 1 rings (SSSR count). The molecule has 7 heteroatoms. The van der Waals surface area contributed by atoms with Gasteiger partial charge in [-0.2, -0.15) is 0 Å². The Morgan fingerprint density at radius 3 is 2.35 bits per heavy atom. The molecule has 0 aromatic carbocycles. The van der Waals surface area contributed by atoms with Crippen LogP contribution >= 0.6 is 0 Å². The van der Waals surface area contributed by atoms with Gasteiger partial charge in [0.25, 0.3) is 5.91 Å². The first kappa shape index (κ1) is 16.4. The monoisotopic (exact) mass is 285 g/mol. The zero-order valence-corrected chi connectivity index (χ0v) is 12.7. The molecule has 114 valence electrons. The molecule has 1 aliphatic rings. The molecule has 0 aromatic rings. The van der Waals surface area contributed by atoms with Gasteiger partial charge in [0.15, 0.2) is 0 Å². The quantitative estimate of drug-likeness (QED) is 0.692. The standard InChI is InChI=1S/C13H23N3O4/c1-12(2,20)8-15(5)9(17)6-7-16-10(18)13(3,4)14-11(16)19/h20H,6-8H2,1-5H3,(H,14,19). The van der Waals surface area contributed by atoms with E-state index in [2.05, 4.69) is 5.32 Å². The van der Waals surface area contributed by atoms with Crippen LogP contribution in [-0.4, -0.2) is 64.0 Å². The van der Waals surface area contributed by atoms with Gasteiger partial charge < -0.3 is 15.3 Å². The number of imide groups is 1. The smallest absolute Gasteiger partial charge is 0.325 e. The minimum Gasteiger partial charge on any atom is -0.389 e. The summed E-state index contributed by atoms with van der Waals surface area (Å²) >= 11 is 0. The van der Waals surface area contributed by atoms with E-state index in [0.717, 1.165) is 4.90 Å². The zero-order chi connectivity index (χ0) is 15.7. The van der Waals surface area contributed by atoms with E-state index < -0.39 is 17.2 Å². The van der Waals surface area contributed by atoms with Crippen molar-refractivity contribution in [2.75, 3.05) is 20.1 Å². The van der Waals surface area contributed by atoms with Gasteiger partial charge in [0.1, 0.15) is 5.54 Å². The average molecular weight is 285 g/mol. The molecule has 1 saturated heterocycles. The minimum absolute atomic E-state index is 0.0435. The maximum atomic E-state index is 11.9. The molecule has 1 fully saturated rings. The van der Waals surface area contributed by atoms with E-state index in [0.29, 0.717) is 0 Å². The number of carbonyl (C=O) groups excluding carboxylic acids is 3. The van der Waals surface area contributed by atoms with Gasteiger partial charge in [-0.05, 0) is 27.7 Å². The van der Waals surface area contributed by atoms with Gasteiger partial charge >= 0.3 is 6.03 Å². The molecule has 0 unspecified atom stereocenters. The van der Waals surface area contributed by atoms with Crippen molar-refractivity contribution in [2.45, 2.75) is 45.3 Å². The van der Waals surface area contributed by atoms with E-state index in [9.17, 15) is 19.5 Å². The second kappa shape index (κ2) is 5.40. The first-order chi connectivity index (χ1) is 8.94.